The minimum atomic E-state index is -0.901. The standard InChI is InChI=1S/C30H26Cl2FN3O3.C2H6/c1-3-20(10-9-19(2)33)16-36-17-24(29(37)30(38)35-28-25(31)14-34-15-26(28)32)23-13-22(11-12-27(23)36)39-18-21-7-5-4-6-8-21;1-2/h4-15,17H,3,16,18H2,1-2H3,(H,34,35,38);1-2H3/b19-9+,20-10+;. The van der Waals surface area contributed by atoms with E-state index >= 15 is 0 Å². The highest BCUT2D eigenvalue weighted by atomic mass is 35.5. The maximum absolute atomic E-state index is 13.4. The van der Waals surface area contributed by atoms with E-state index in [1.807, 2.05) is 67.8 Å². The molecule has 0 atom stereocenters. The van der Waals surface area contributed by atoms with E-state index in [0.717, 1.165) is 16.7 Å². The first-order valence-corrected chi connectivity index (χ1v) is 14.0. The number of hydrogen-bond acceptors (Lipinski definition) is 4. The van der Waals surface area contributed by atoms with Gasteiger partial charge in [0.05, 0.1) is 27.1 Å². The molecule has 1 amide bonds. The zero-order valence-electron chi connectivity index (χ0n) is 23.4. The lowest BCUT2D eigenvalue weighted by atomic mass is 10.1. The highest BCUT2D eigenvalue weighted by Crippen LogP contribution is 2.31. The average Bonchev–Trinajstić information content (AvgIpc) is 3.34. The summed E-state index contributed by atoms with van der Waals surface area (Å²) in [5.74, 6) is -1.44. The van der Waals surface area contributed by atoms with E-state index in [1.165, 1.54) is 25.4 Å². The minimum Gasteiger partial charge on any atom is -0.489 e. The highest BCUT2D eigenvalue weighted by molar-refractivity contribution is 6.50. The molecule has 4 rings (SSSR count). The van der Waals surface area contributed by atoms with Crippen LogP contribution in [0.25, 0.3) is 10.9 Å². The Bertz CT molecular complexity index is 1560. The molecule has 2 aromatic heterocycles. The Morgan fingerprint density at radius 3 is 2.37 bits per heavy atom. The molecule has 2 heterocycles. The Morgan fingerprint density at radius 1 is 1.05 bits per heavy atom. The molecule has 41 heavy (non-hydrogen) atoms. The summed E-state index contributed by atoms with van der Waals surface area (Å²) < 4.78 is 21.2. The number of ketones is 1. The van der Waals surface area contributed by atoms with Gasteiger partial charge in [0.15, 0.2) is 0 Å². The number of nitrogens with zero attached hydrogens (tertiary/aromatic N) is 2. The number of benzene rings is 2. The maximum Gasteiger partial charge on any atom is 0.296 e. The number of halogens is 3. The van der Waals surface area contributed by atoms with Gasteiger partial charge in [-0.05, 0) is 43.2 Å². The van der Waals surface area contributed by atoms with Crippen LogP contribution in [-0.2, 0) is 17.9 Å². The van der Waals surface area contributed by atoms with Crippen LogP contribution in [0, 0.1) is 0 Å². The van der Waals surface area contributed by atoms with Crippen LogP contribution < -0.4 is 10.1 Å². The first kappa shape index (κ1) is 31.6. The fourth-order valence-corrected chi connectivity index (χ4v) is 4.44. The summed E-state index contributed by atoms with van der Waals surface area (Å²) >= 11 is 12.2. The summed E-state index contributed by atoms with van der Waals surface area (Å²) in [6, 6.07) is 15.1. The molecule has 214 valence electrons. The van der Waals surface area contributed by atoms with Crippen LogP contribution in [0.1, 0.15) is 50.0 Å². The number of pyridine rings is 1. The number of carbonyl (C=O) groups is 2. The van der Waals surface area contributed by atoms with Crippen LogP contribution in [0.4, 0.5) is 10.1 Å². The van der Waals surface area contributed by atoms with E-state index in [2.05, 4.69) is 10.3 Å². The number of nitrogens with one attached hydrogen (secondary N) is 1. The summed E-state index contributed by atoms with van der Waals surface area (Å²) in [5.41, 5.74) is 2.94. The lowest BCUT2D eigenvalue weighted by molar-refractivity contribution is -0.112. The second-order valence-corrected chi connectivity index (χ2v) is 9.63. The van der Waals surface area contributed by atoms with Crippen molar-refractivity contribution in [3.05, 3.63) is 112 Å². The van der Waals surface area contributed by atoms with Crippen molar-refractivity contribution < 1.29 is 18.7 Å². The number of Topliss-reactive ketones (excluding diaryl/α,β-unsaturated/α-hetero) is 1. The number of carbonyl (C=O) groups excluding carboxylic acids is 2. The topological polar surface area (TPSA) is 73.2 Å². The molecule has 0 unspecified atom stereocenters. The molecule has 0 spiro atoms. The lowest BCUT2D eigenvalue weighted by Crippen LogP contribution is -2.23. The van der Waals surface area contributed by atoms with Gasteiger partial charge in [0.2, 0.25) is 0 Å². The normalized spacial score (nSPS) is 11.6. The van der Waals surface area contributed by atoms with Crippen LogP contribution in [0.15, 0.2) is 90.7 Å². The van der Waals surface area contributed by atoms with Gasteiger partial charge in [-0.15, -0.1) is 0 Å². The van der Waals surface area contributed by atoms with E-state index in [0.29, 0.717) is 30.7 Å². The molecule has 0 aliphatic rings. The Balaban J connectivity index is 0.00000226. The molecule has 0 saturated carbocycles. The van der Waals surface area contributed by atoms with Crippen molar-refractivity contribution in [2.45, 2.75) is 47.3 Å². The number of hydrogen-bond donors (Lipinski definition) is 1. The van der Waals surface area contributed by atoms with Crippen LogP contribution in [0.5, 0.6) is 5.75 Å². The number of allylic oxidation sites excluding steroid dienone is 4. The fraction of sp³-hybridized carbons (Fsp3) is 0.219. The predicted molar refractivity (Wildman–Crippen MR) is 165 cm³/mol. The van der Waals surface area contributed by atoms with Gasteiger partial charge in [-0.25, -0.2) is 4.39 Å². The molecular weight excluding hydrogens is 564 g/mol. The fourth-order valence-electron chi connectivity index (χ4n) is 3.98. The number of fused-ring (bicyclic) bond motifs is 1. The van der Waals surface area contributed by atoms with Gasteiger partial charge in [-0.2, -0.15) is 0 Å². The van der Waals surface area contributed by atoms with Crippen molar-refractivity contribution in [2.24, 2.45) is 0 Å². The van der Waals surface area contributed by atoms with Gasteiger partial charge in [0, 0.05) is 36.0 Å². The van der Waals surface area contributed by atoms with E-state index in [4.69, 9.17) is 27.9 Å². The third-order valence-corrected chi connectivity index (χ3v) is 6.59. The quantitative estimate of drug-likeness (QED) is 0.113. The summed E-state index contributed by atoms with van der Waals surface area (Å²) in [6.45, 7) is 8.09. The van der Waals surface area contributed by atoms with Crippen molar-refractivity contribution in [1.29, 1.82) is 0 Å². The smallest absolute Gasteiger partial charge is 0.296 e. The lowest BCUT2D eigenvalue weighted by Gasteiger charge is -2.09. The first-order chi connectivity index (χ1) is 19.8. The predicted octanol–water partition coefficient (Wildman–Crippen LogP) is 8.98. The van der Waals surface area contributed by atoms with E-state index < -0.39 is 11.7 Å². The molecule has 0 bridgehead atoms. The monoisotopic (exact) mass is 595 g/mol. The highest BCUT2D eigenvalue weighted by Gasteiger charge is 2.24. The van der Waals surface area contributed by atoms with Crippen molar-refractivity contribution in [2.75, 3.05) is 5.32 Å². The Kier molecular flexibility index (Phi) is 11.7. The Morgan fingerprint density at radius 2 is 1.73 bits per heavy atom. The van der Waals surface area contributed by atoms with Crippen molar-refractivity contribution in [3.8, 4) is 5.75 Å². The molecule has 0 aliphatic heterocycles. The Labute approximate surface area is 249 Å². The molecular formula is C32H32Cl2FN3O3. The van der Waals surface area contributed by atoms with Gasteiger partial charge < -0.3 is 14.6 Å². The van der Waals surface area contributed by atoms with Crippen molar-refractivity contribution >= 4 is 51.5 Å². The number of rotatable bonds is 10. The second kappa shape index (κ2) is 15.2. The summed E-state index contributed by atoms with van der Waals surface area (Å²) in [6.07, 6.45) is 8.06. The van der Waals surface area contributed by atoms with Gasteiger partial charge in [0.25, 0.3) is 11.7 Å². The molecule has 4 aromatic rings. The third kappa shape index (κ3) is 8.28. The molecule has 0 saturated heterocycles. The summed E-state index contributed by atoms with van der Waals surface area (Å²) in [4.78, 5) is 30.3. The molecule has 0 fully saturated rings. The number of amides is 1. The number of anilines is 1. The average molecular weight is 597 g/mol. The SMILES string of the molecule is CC.CC/C(=C\C=C(/C)F)Cn1cc(C(=O)C(=O)Nc2c(Cl)cncc2Cl)c2cc(OCc3ccccc3)ccc21. The molecule has 1 N–H and O–H groups in total. The van der Waals surface area contributed by atoms with Crippen molar-refractivity contribution in [1.82, 2.24) is 9.55 Å². The minimum absolute atomic E-state index is 0.104. The van der Waals surface area contributed by atoms with E-state index in [-0.39, 0.29) is 27.1 Å². The molecule has 9 heteroatoms. The van der Waals surface area contributed by atoms with E-state index in [9.17, 15) is 14.0 Å². The van der Waals surface area contributed by atoms with Gasteiger partial charge in [-0.3, -0.25) is 14.6 Å². The largest absolute Gasteiger partial charge is 0.489 e. The Hall–Kier alpha value is -3.94. The first-order valence-electron chi connectivity index (χ1n) is 13.2. The van der Waals surface area contributed by atoms with Crippen molar-refractivity contribution in [3.63, 3.8) is 0 Å². The number of aromatic nitrogens is 2. The second-order valence-electron chi connectivity index (χ2n) is 8.82. The molecule has 6 nitrogen and oxygen atoms in total. The van der Waals surface area contributed by atoms with Crippen LogP contribution in [0.2, 0.25) is 10.0 Å². The van der Waals surface area contributed by atoms with Gasteiger partial charge >= 0.3 is 0 Å². The number of ether oxygens (including phenoxy) is 1. The molecule has 0 radical (unpaired) electrons. The zero-order chi connectivity index (χ0) is 29.9. The summed E-state index contributed by atoms with van der Waals surface area (Å²) in [5, 5.41) is 3.26. The molecule has 0 aliphatic carbocycles. The van der Waals surface area contributed by atoms with Crippen LogP contribution >= 0.6 is 23.2 Å². The molecule has 2 aromatic carbocycles. The maximum atomic E-state index is 13.4. The third-order valence-electron chi connectivity index (χ3n) is 6.02. The van der Waals surface area contributed by atoms with Crippen LogP contribution in [-0.4, -0.2) is 21.2 Å². The van der Waals surface area contributed by atoms with Gasteiger partial charge in [0.1, 0.15) is 12.4 Å². The van der Waals surface area contributed by atoms with Gasteiger partial charge in [-0.1, -0.05) is 86.0 Å². The summed E-state index contributed by atoms with van der Waals surface area (Å²) in [7, 11) is 0. The van der Waals surface area contributed by atoms with E-state index in [1.54, 1.807) is 18.3 Å². The van der Waals surface area contributed by atoms with Crippen LogP contribution in [0.3, 0.4) is 0 Å². The zero-order valence-corrected chi connectivity index (χ0v) is 24.9.